The zero-order valence-electron chi connectivity index (χ0n) is 18.5. The van der Waals surface area contributed by atoms with Crippen molar-refractivity contribution in [2.75, 3.05) is 13.7 Å². The molecule has 34 heavy (non-hydrogen) atoms. The van der Waals surface area contributed by atoms with Crippen LogP contribution in [0.3, 0.4) is 0 Å². The Morgan fingerprint density at radius 1 is 1.26 bits per heavy atom. The van der Waals surface area contributed by atoms with Crippen molar-refractivity contribution in [1.29, 1.82) is 0 Å². The third-order valence-corrected chi connectivity index (χ3v) is 6.78. The van der Waals surface area contributed by atoms with Gasteiger partial charge in [-0.2, -0.15) is 0 Å². The summed E-state index contributed by atoms with van der Waals surface area (Å²) in [5.41, 5.74) is 1.35. The van der Waals surface area contributed by atoms with Crippen molar-refractivity contribution >= 4 is 46.6 Å². The van der Waals surface area contributed by atoms with E-state index < -0.39 is 12.0 Å². The first-order chi connectivity index (χ1) is 16.2. The lowest BCUT2D eigenvalue weighted by molar-refractivity contribution is -0.139. The molecule has 7 nitrogen and oxygen atoms in total. The molecule has 0 fully saturated rings. The molecule has 4 rings (SSSR count). The number of nitrogens with zero attached hydrogens (tertiary/aromatic N) is 2. The highest BCUT2D eigenvalue weighted by Crippen LogP contribution is 2.33. The maximum Gasteiger partial charge on any atom is 0.338 e. The number of rotatable bonds is 5. The molecule has 1 N–H and O–H groups in total. The van der Waals surface area contributed by atoms with E-state index in [9.17, 15) is 14.7 Å². The van der Waals surface area contributed by atoms with Crippen LogP contribution in [-0.4, -0.2) is 29.4 Å². The van der Waals surface area contributed by atoms with Crippen LogP contribution < -0.4 is 19.6 Å². The fourth-order valence-corrected chi connectivity index (χ4v) is 5.28. The third kappa shape index (κ3) is 4.36. The predicted molar refractivity (Wildman–Crippen MR) is 132 cm³/mol. The Bertz CT molecular complexity index is 1490. The molecule has 10 heteroatoms. The molecule has 0 spiro atoms. The highest BCUT2D eigenvalue weighted by Gasteiger charge is 2.33. The Labute approximate surface area is 208 Å². The number of hydrogen-bond donors (Lipinski definition) is 1. The first-order valence-electron chi connectivity index (χ1n) is 10.3. The van der Waals surface area contributed by atoms with E-state index in [1.807, 2.05) is 0 Å². The van der Waals surface area contributed by atoms with Gasteiger partial charge in [0.15, 0.2) is 4.80 Å². The van der Waals surface area contributed by atoms with E-state index in [0.29, 0.717) is 36.9 Å². The molecule has 0 amide bonds. The normalized spacial score (nSPS) is 15.7. The third-order valence-electron chi connectivity index (χ3n) is 5.29. The molecule has 176 valence electrons. The number of hydrogen-bond acceptors (Lipinski definition) is 7. The number of carbonyl (C=O) groups excluding carboxylic acids is 1. The van der Waals surface area contributed by atoms with Crippen LogP contribution in [-0.2, 0) is 9.53 Å². The maximum absolute atomic E-state index is 13.6. The van der Waals surface area contributed by atoms with Gasteiger partial charge in [0.2, 0.25) is 0 Å². The summed E-state index contributed by atoms with van der Waals surface area (Å²) < 4.78 is 12.3. The Morgan fingerprint density at radius 2 is 1.97 bits per heavy atom. The summed E-state index contributed by atoms with van der Waals surface area (Å²) in [7, 11) is 1.56. The van der Waals surface area contributed by atoms with Gasteiger partial charge in [0.25, 0.3) is 5.56 Å². The number of fused-ring (bicyclic) bond motifs is 1. The Balaban J connectivity index is 1.97. The Kier molecular flexibility index (Phi) is 6.84. The number of phenols is 1. The van der Waals surface area contributed by atoms with Gasteiger partial charge in [-0.15, -0.1) is 0 Å². The quantitative estimate of drug-likeness (QED) is 0.518. The Morgan fingerprint density at radius 3 is 2.62 bits per heavy atom. The van der Waals surface area contributed by atoms with Crippen LogP contribution in [0.5, 0.6) is 11.5 Å². The minimum atomic E-state index is -0.750. The summed E-state index contributed by atoms with van der Waals surface area (Å²) in [6.45, 7) is 3.61. The van der Waals surface area contributed by atoms with Crippen LogP contribution in [0, 0.1) is 0 Å². The van der Waals surface area contributed by atoms with Crippen LogP contribution in [0.1, 0.15) is 31.0 Å². The van der Waals surface area contributed by atoms with Gasteiger partial charge in [0.05, 0.1) is 40.6 Å². The van der Waals surface area contributed by atoms with Gasteiger partial charge < -0.3 is 14.6 Å². The predicted octanol–water partition coefficient (Wildman–Crippen LogP) is 3.82. The van der Waals surface area contributed by atoms with Gasteiger partial charge >= 0.3 is 5.97 Å². The molecular formula is C24H20Cl2N2O5S. The van der Waals surface area contributed by atoms with Gasteiger partial charge in [-0.1, -0.05) is 46.7 Å². The number of aromatic hydroxyl groups is 1. The van der Waals surface area contributed by atoms with Crippen LogP contribution in [0.25, 0.3) is 6.08 Å². The van der Waals surface area contributed by atoms with E-state index in [2.05, 4.69) is 4.99 Å². The second-order valence-electron chi connectivity index (χ2n) is 7.40. The lowest BCUT2D eigenvalue weighted by atomic mass is 9.96. The van der Waals surface area contributed by atoms with Crippen LogP contribution in [0.15, 0.2) is 57.5 Å². The molecule has 0 radical (unpaired) electrons. The maximum atomic E-state index is 13.6. The second kappa shape index (κ2) is 9.66. The van der Waals surface area contributed by atoms with Gasteiger partial charge in [-0.25, -0.2) is 9.79 Å². The van der Waals surface area contributed by atoms with Gasteiger partial charge in [-0.05, 0) is 49.8 Å². The molecule has 0 aliphatic carbocycles. The van der Waals surface area contributed by atoms with Gasteiger partial charge in [-0.3, -0.25) is 9.36 Å². The SMILES string of the molecule is CCOC(=O)C1=C(C)N=c2s/c(=C\c3cc(Cl)cc(Cl)c3O)c(=O)n2C1c1ccc(OC)cc1. The smallest absolute Gasteiger partial charge is 0.338 e. The topological polar surface area (TPSA) is 90.1 Å². The molecule has 1 aliphatic rings. The largest absolute Gasteiger partial charge is 0.506 e. The first kappa shape index (κ1) is 24.1. The molecular weight excluding hydrogens is 499 g/mol. The highest BCUT2D eigenvalue weighted by atomic mass is 35.5. The van der Waals surface area contributed by atoms with Crippen LogP contribution >= 0.6 is 34.5 Å². The van der Waals surface area contributed by atoms with Crippen LogP contribution in [0.2, 0.25) is 10.0 Å². The summed E-state index contributed by atoms with van der Waals surface area (Å²) in [4.78, 5) is 31.4. The van der Waals surface area contributed by atoms with Crippen molar-refractivity contribution < 1.29 is 19.4 Å². The highest BCUT2D eigenvalue weighted by molar-refractivity contribution is 7.07. The zero-order chi connectivity index (χ0) is 24.6. The number of methoxy groups -OCH3 is 1. The average molecular weight is 519 g/mol. The summed E-state index contributed by atoms with van der Waals surface area (Å²) in [6.07, 6.45) is 1.51. The molecule has 0 saturated carbocycles. The molecule has 1 unspecified atom stereocenters. The number of aromatic nitrogens is 1. The van der Waals surface area contributed by atoms with Crippen molar-refractivity contribution in [2.45, 2.75) is 19.9 Å². The van der Waals surface area contributed by atoms with E-state index in [4.69, 9.17) is 32.7 Å². The van der Waals surface area contributed by atoms with E-state index in [1.54, 1.807) is 45.2 Å². The monoisotopic (exact) mass is 518 g/mol. The zero-order valence-corrected chi connectivity index (χ0v) is 20.8. The van der Waals surface area contributed by atoms with Crippen molar-refractivity contribution in [3.05, 3.63) is 88.5 Å². The molecule has 0 saturated heterocycles. The number of halogens is 2. The molecule has 1 aromatic heterocycles. The summed E-state index contributed by atoms with van der Waals surface area (Å²) in [5, 5.41) is 10.7. The number of thiazole rings is 1. The standard InChI is InChI=1S/C24H20Cl2N2O5S/c1-4-33-23(31)19-12(2)27-24-28(20(19)13-5-7-16(32-3)8-6-13)22(30)18(34-24)10-14-9-15(25)11-17(26)21(14)29/h5-11,20,29H,4H2,1-3H3/b18-10-. The fraction of sp³-hybridized carbons (Fsp3) is 0.208. The van der Waals surface area contributed by atoms with Crippen molar-refractivity contribution in [1.82, 2.24) is 4.57 Å². The van der Waals surface area contributed by atoms with Gasteiger partial charge in [0, 0.05) is 10.6 Å². The number of carbonyl (C=O) groups is 1. The molecule has 2 heterocycles. The van der Waals surface area contributed by atoms with E-state index in [1.165, 1.54) is 22.8 Å². The summed E-state index contributed by atoms with van der Waals surface area (Å²) in [5.74, 6) is -0.0898. The lowest BCUT2D eigenvalue weighted by Crippen LogP contribution is -2.39. The average Bonchev–Trinajstić information content (AvgIpc) is 3.10. The van der Waals surface area contributed by atoms with Crippen molar-refractivity contribution in [2.24, 2.45) is 4.99 Å². The second-order valence-corrected chi connectivity index (χ2v) is 9.25. The minimum Gasteiger partial charge on any atom is -0.506 e. The molecule has 1 aliphatic heterocycles. The minimum absolute atomic E-state index is 0.0723. The fourth-order valence-electron chi connectivity index (χ4n) is 3.73. The lowest BCUT2D eigenvalue weighted by Gasteiger charge is -2.24. The van der Waals surface area contributed by atoms with Crippen molar-refractivity contribution in [3.8, 4) is 11.5 Å². The summed E-state index contributed by atoms with van der Waals surface area (Å²) >= 11 is 13.2. The number of ether oxygens (including phenoxy) is 2. The molecule has 0 bridgehead atoms. The first-order valence-corrected chi connectivity index (χ1v) is 11.8. The molecule has 1 atom stereocenters. The van der Waals surface area contributed by atoms with Gasteiger partial charge in [0.1, 0.15) is 11.5 Å². The molecule has 2 aromatic carbocycles. The number of esters is 1. The summed E-state index contributed by atoms with van der Waals surface area (Å²) in [6, 6.07) is 9.28. The van der Waals surface area contributed by atoms with Crippen molar-refractivity contribution in [3.63, 3.8) is 0 Å². The number of benzene rings is 2. The van der Waals surface area contributed by atoms with Crippen LogP contribution in [0.4, 0.5) is 0 Å². The number of allylic oxidation sites excluding steroid dienone is 1. The van der Waals surface area contributed by atoms with E-state index in [0.717, 1.165) is 11.3 Å². The molecule has 3 aromatic rings. The van der Waals surface area contributed by atoms with E-state index >= 15 is 0 Å². The van der Waals surface area contributed by atoms with E-state index in [-0.39, 0.29) is 28.5 Å². The number of phenolic OH excluding ortho intramolecular Hbond substituents is 1. The Hall–Kier alpha value is -3.07.